The highest BCUT2D eigenvalue weighted by atomic mass is 32.2. The van der Waals surface area contributed by atoms with Gasteiger partial charge in [0.25, 0.3) is 0 Å². The smallest absolute Gasteiger partial charge is 0.243 e. The first-order chi connectivity index (χ1) is 10.3. The van der Waals surface area contributed by atoms with E-state index in [9.17, 15) is 12.8 Å². The van der Waals surface area contributed by atoms with Crippen LogP contribution in [0.3, 0.4) is 0 Å². The van der Waals surface area contributed by atoms with E-state index in [-0.39, 0.29) is 5.92 Å². The highest BCUT2D eigenvalue weighted by molar-refractivity contribution is 7.89. The van der Waals surface area contributed by atoms with Crippen molar-refractivity contribution < 1.29 is 12.8 Å². The van der Waals surface area contributed by atoms with E-state index in [2.05, 4.69) is 0 Å². The van der Waals surface area contributed by atoms with Crippen LogP contribution in [-0.4, -0.2) is 31.0 Å². The lowest BCUT2D eigenvalue weighted by atomic mass is 9.69. The Hall–Kier alpha value is -0.940. The number of hydrogen-bond acceptors (Lipinski definition) is 2. The van der Waals surface area contributed by atoms with E-state index in [1.54, 1.807) is 16.4 Å². The van der Waals surface area contributed by atoms with Gasteiger partial charge in [-0.1, -0.05) is 17.7 Å². The first-order valence-corrected chi connectivity index (χ1v) is 9.51. The minimum Gasteiger partial charge on any atom is -0.247 e. The van der Waals surface area contributed by atoms with Crippen LogP contribution in [0.1, 0.15) is 44.6 Å². The number of hydrogen-bond donors (Lipinski definition) is 0. The van der Waals surface area contributed by atoms with E-state index >= 15 is 0 Å². The number of fused-ring (bicyclic) bond motifs is 1. The number of benzene rings is 1. The van der Waals surface area contributed by atoms with Gasteiger partial charge in [0, 0.05) is 12.1 Å². The summed E-state index contributed by atoms with van der Waals surface area (Å²) in [6, 6.07) is 7.01. The minimum absolute atomic E-state index is 0.130. The second-order valence-electron chi connectivity index (χ2n) is 6.96. The van der Waals surface area contributed by atoms with Gasteiger partial charge in [-0.25, -0.2) is 12.8 Å². The molecule has 0 amide bonds. The van der Waals surface area contributed by atoms with Crippen LogP contribution < -0.4 is 0 Å². The molecule has 0 bridgehead atoms. The van der Waals surface area contributed by atoms with Crippen molar-refractivity contribution in [2.45, 2.75) is 62.6 Å². The molecule has 0 spiro atoms. The highest BCUT2D eigenvalue weighted by Gasteiger charge is 2.50. The Kier molecular flexibility index (Phi) is 4.06. The lowest BCUT2D eigenvalue weighted by molar-refractivity contribution is 0.00941. The van der Waals surface area contributed by atoms with Crippen molar-refractivity contribution in [3.8, 4) is 0 Å². The molecular formula is C17H24FNO2S. The lowest BCUT2D eigenvalue weighted by Crippen LogP contribution is -2.59. The number of nitrogens with zero attached hydrogens (tertiary/aromatic N) is 1. The molecule has 1 saturated heterocycles. The average Bonchev–Trinajstić information content (AvgIpc) is 2.47. The van der Waals surface area contributed by atoms with Gasteiger partial charge >= 0.3 is 0 Å². The number of aryl methyl sites for hydroxylation is 1. The summed E-state index contributed by atoms with van der Waals surface area (Å²) >= 11 is 0. The van der Waals surface area contributed by atoms with Crippen LogP contribution in [0.4, 0.5) is 4.39 Å². The van der Waals surface area contributed by atoms with Gasteiger partial charge in [0.15, 0.2) is 0 Å². The van der Waals surface area contributed by atoms with Gasteiger partial charge in [-0.3, -0.25) is 0 Å². The molecule has 3 nitrogen and oxygen atoms in total. The molecule has 0 unspecified atom stereocenters. The molecule has 1 saturated carbocycles. The summed E-state index contributed by atoms with van der Waals surface area (Å²) in [5.74, 6) is 0.130. The van der Waals surface area contributed by atoms with Crippen molar-refractivity contribution >= 4 is 10.0 Å². The highest BCUT2D eigenvalue weighted by Crippen LogP contribution is 2.46. The number of sulfonamides is 1. The molecule has 0 aromatic heterocycles. The molecule has 1 aliphatic heterocycles. The average molecular weight is 325 g/mol. The first-order valence-electron chi connectivity index (χ1n) is 8.07. The molecule has 1 aromatic carbocycles. The second-order valence-corrected chi connectivity index (χ2v) is 8.82. The quantitative estimate of drug-likeness (QED) is 0.832. The molecule has 5 heteroatoms. The van der Waals surface area contributed by atoms with Crippen molar-refractivity contribution in [1.82, 2.24) is 4.31 Å². The van der Waals surface area contributed by atoms with E-state index in [4.69, 9.17) is 0 Å². The molecule has 0 N–H and O–H groups in total. The Morgan fingerprint density at radius 1 is 1.23 bits per heavy atom. The Labute approximate surface area is 132 Å². The Morgan fingerprint density at radius 3 is 2.59 bits per heavy atom. The molecule has 3 atom stereocenters. The number of piperidine rings is 1. The lowest BCUT2D eigenvalue weighted by Gasteiger charge is -2.52. The normalized spacial score (nSPS) is 33.4. The summed E-state index contributed by atoms with van der Waals surface area (Å²) in [6.45, 7) is 4.49. The second kappa shape index (κ2) is 5.60. The summed E-state index contributed by atoms with van der Waals surface area (Å²) in [5.41, 5.74) is 0.601. The first kappa shape index (κ1) is 15.9. The summed E-state index contributed by atoms with van der Waals surface area (Å²) in [4.78, 5) is 0.349. The Bertz CT molecular complexity index is 643. The zero-order valence-electron chi connectivity index (χ0n) is 13.3. The Morgan fingerprint density at radius 2 is 1.91 bits per heavy atom. The van der Waals surface area contributed by atoms with Gasteiger partial charge in [-0.05, 0) is 64.0 Å². The molecule has 122 valence electrons. The zero-order valence-corrected chi connectivity index (χ0v) is 14.1. The molecule has 2 aliphatic rings. The van der Waals surface area contributed by atoms with Crippen LogP contribution in [0.15, 0.2) is 29.2 Å². The molecule has 2 fully saturated rings. The van der Waals surface area contributed by atoms with Crippen LogP contribution in [0.2, 0.25) is 0 Å². The number of rotatable bonds is 2. The van der Waals surface area contributed by atoms with Crippen molar-refractivity contribution in [3.63, 3.8) is 0 Å². The van der Waals surface area contributed by atoms with Crippen molar-refractivity contribution in [3.05, 3.63) is 29.8 Å². The van der Waals surface area contributed by atoms with Crippen LogP contribution in [0.25, 0.3) is 0 Å². The molecule has 22 heavy (non-hydrogen) atoms. The molecule has 1 aromatic rings. The third kappa shape index (κ3) is 2.58. The fraction of sp³-hybridized carbons (Fsp3) is 0.647. The Balaban J connectivity index is 1.97. The fourth-order valence-electron chi connectivity index (χ4n) is 4.06. The summed E-state index contributed by atoms with van der Waals surface area (Å²) in [5, 5.41) is 0. The SMILES string of the molecule is Cc1ccc(S(=O)(=O)N2CCC[C@H]3C[C@@H](F)CC[C@@]32C)cc1. The predicted molar refractivity (Wildman–Crippen MR) is 84.9 cm³/mol. The standard InChI is InChI=1S/C17H24FNO2S/c1-13-5-7-16(8-6-13)22(20,21)19-11-3-4-14-12-15(18)9-10-17(14,19)2/h5-8,14-15H,3-4,9-12H2,1-2H3/t14-,15-,17-/m0/s1. The van der Waals surface area contributed by atoms with Crippen LogP contribution in [0, 0.1) is 12.8 Å². The number of alkyl halides is 1. The van der Waals surface area contributed by atoms with E-state index in [1.807, 2.05) is 26.0 Å². The summed E-state index contributed by atoms with van der Waals surface area (Å²) < 4.78 is 41.5. The summed E-state index contributed by atoms with van der Waals surface area (Å²) in [7, 11) is -3.51. The van der Waals surface area contributed by atoms with Gasteiger partial charge in [0.2, 0.25) is 10.0 Å². The third-order valence-corrected chi connectivity index (χ3v) is 7.52. The molecule has 1 heterocycles. The van der Waals surface area contributed by atoms with Gasteiger partial charge < -0.3 is 0 Å². The predicted octanol–water partition coefficient (Wildman–Crippen LogP) is 3.68. The maximum absolute atomic E-state index is 13.7. The van der Waals surface area contributed by atoms with Gasteiger partial charge in [0.1, 0.15) is 6.17 Å². The minimum atomic E-state index is -3.51. The van der Waals surface area contributed by atoms with Crippen molar-refractivity contribution in [2.24, 2.45) is 5.92 Å². The van der Waals surface area contributed by atoms with Crippen molar-refractivity contribution in [1.29, 1.82) is 0 Å². The monoisotopic (exact) mass is 325 g/mol. The summed E-state index contributed by atoms with van der Waals surface area (Å²) in [6.07, 6.45) is 2.54. The molecular weight excluding hydrogens is 301 g/mol. The van der Waals surface area contributed by atoms with E-state index in [1.165, 1.54) is 0 Å². The fourth-order valence-corrected chi connectivity index (χ4v) is 5.95. The van der Waals surface area contributed by atoms with Crippen molar-refractivity contribution in [2.75, 3.05) is 6.54 Å². The topological polar surface area (TPSA) is 37.4 Å². The van der Waals surface area contributed by atoms with E-state index in [0.717, 1.165) is 18.4 Å². The maximum Gasteiger partial charge on any atom is 0.243 e. The van der Waals surface area contributed by atoms with Crippen LogP contribution >= 0.6 is 0 Å². The van der Waals surface area contributed by atoms with Gasteiger partial charge in [0.05, 0.1) is 4.90 Å². The van der Waals surface area contributed by atoms with Crippen LogP contribution in [0.5, 0.6) is 0 Å². The molecule has 3 rings (SSSR count). The van der Waals surface area contributed by atoms with E-state index in [0.29, 0.717) is 30.7 Å². The maximum atomic E-state index is 13.7. The third-order valence-electron chi connectivity index (χ3n) is 5.48. The molecule has 1 aliphatic carbocycles. The molecule has 0 radical (unpaired) electrons. The van der Waals surface area contributed by atoms with Gasteiger partial charge in [-0.15, -0.1) is 0 Å². The van der Waals surface area contributed by atoms with E-state index < -0.39 is 21.7 Å². The largest absolute Gasteiger partial charge is 0.247 e. The number of halogens is 1. The van der Waals surface area contributed by atoms with Gasteiger partial charge in [-0.2, -0.15) is 4.31 Å². The zero-order chi connectivity index (χ0) is 16.0. The van der Waals surface area contributed by atoms with Crippen LogP contribution in [-0.2, 0) is 10.0 Å².